The minimum absolute atomic E-state index is 0.244. The molecule has 0 bridgehead atoms. The number of hydrogen-bond acceptors (Lipinski definition) is 3. The lowest BCUT2D eigenvalue weighted by molar-refractivity contribution is 0.00451. The molecule has 0 spiro atoms. The van der Waals surface area contributed by atoms with E-state index in [0.29, 0.717) is 11.6 Å². The summed E-state index contributed by atoms with van der Waals surface area (Å²) >= 11 is 6.37. The van der Waals surface area contributed by atoms with Gasteiger partial charge < -0.3 is 10.0 Å². The molecule has 0 saturated heterocycles. The van der Waals surface area contributed by atoms with E-state index in [9.17, 15) is 5.11 Å². The van der Waals surface area contributed by atoms with Crippen LogP contribution in [-0.4, -0.2) is 35.6 Å². The van der Waals surface area contributed by atoms with E-state index in [-0.39, 0.29) is 5.92 Å². The van der Waals surface area contributed by atoms with Gasteiger partial charge in [0.05, 0.1) is 5.52 Å². The Morgan fingerprint density at radius 2 is 1.58 bits per heavy atom. The monoisotopic (exact) mass is 458 g/mol. The van der Waals surface area contributed by atoms with Gasteiger partial charge in [-0.3, -0.25) is 0 Å². The van der Waals surface area contributed by atoms with Crippen molar-refractivity contribution in [1.82, 2.24) is 9.88 Å². The van der Waals surface area contributed by atoms with Crippen LogP contribution >= 0.6 is 11.6 Å². The van der Waals surface area contributed by atoms with Gasteiger partial charge >= 0.3 is 0 Å². The van der Waals surface area contributed by atoms with Crippen molar-refractivity contribution in [2.75, 3.05) is 20.6 Å². The molecule has 0 saturated carbocycles. The molecule has 1 heterocycles. The largest absolute Gasteiger partial charge is 0.384 e. The SMILES string of the molecule is CCc1cc2cc([C@H](c3ccccc3)[C@@](O)(CCN(C)C)c3ccccc3)ccc2nc1Cl. The highest BCUT2D eigenvalue weighted by molar-refractivity contribution is 6.30. The van der Waals surface area contributed by atoms with Gasteiger partial charge in [-0.2, -0.15) is 0 Å². The van der Waals surface area contributed by atoms with Crippen molar-refractivity contribution in [1.29, 1.82) is 0 Å². The van der Waals surface area contributed by atoms with Crippen LogP contribution < -0.4 is 0 Å². The van der Waals surface area contributed by atoms with Crippen LogP contribution in [0.15, 0.2) is 84.9 Å². The van der Waals surface area contributed by atoms with Crippen LogP contribution in [0.5, 0.6) is 0 Å². The number of halogens is 1. The van der Waals surface area contributed by atoms with E-state index in [1.54, 1.807) is 0 Å². The Hall–Kier alpha value is -2.72. The zero-order chi connectivity index (χ0) is 23.4. The zero-order valence-electron chi connectivity index (χ0n) is 19.5. The van der Waals surface area contributed by atoms with Gasteiger partial charge in [0.15, 0.2) is 0 Å². The first-order chi connectivity index (χ1) is 15.9. The van der Waals surface area contributed by atoms with Gasteiger partial charge in [-0.1, -0.05) is 85.3 Å². The lowest BCUT2D eigenvalue weighted by atomic mass is 9.71. The van der Waals surface area contributed by atoms with Crippen molar-refractivity contribution < 1.29 is 5.11 Å². The zero-order valence-corrected chi connectivity index (χ0v) is 20.3. The molecule has 0 fully saturated rings. The standard InChI is InChI=1S/C29H31ClN2O/c1-4-21-19-24-20-23(15-16-26(24)31-28(21)30)27(22-11-7-5-8-12-22)29(33,17-18-32(2)3)25-13-9-6-10-14-25/h5-16,19-20,27,33H,4,17-18H2,1-3H3/t27-,29+/m0/s1. The molecule has 4 rings (SSSR count). The smallest absolute Gasteiger partial charge is 0.132 e. The van der Waals surface area contributed by atoms with Crippen LogP contribution in [-0.2, 0) is 12.0 Å². The first-order valence-electron chi connectivity index (χ1n) is 11.5. The Kier molecular flexibility index (Phi) is 7.14. The third-order valence-corrected chi connectivity index (χ3v) is 6.73. The fraction of sp³-hybridized carbons (Fsp3) is 0.276. The van der Waals surface area contributed by atoms with Gasteiger partial charge in [0.2, 0.25) is 0 Å². The van der Waals surface area contributed by atoms with Crippen molar-refractivity contribution in [3.8, 4) is 0 Å². The van der Waals surface area contributed by atoms with Crippen LogP contribution in [0.4, 0.5) is 0 Å². The van der Waals surface area contributed by atoms with Crippen molar-refractivity contribution in [3.05, 3.63) is 112 Å². The van der Waals surface area contributed by atoms with Gasteiger partial charge in [-0.25, -0.2) is 4.98 Å². The van der Waals surface area contributed by atoms with Crippen LogP contribution in [0.25, 0.3) is 10.9 Å². The molecular formula is C29H31ClN2O. The number of aryl methyl sites for hydroxylation is 1. The fourth-order valence-electron chi connectivity index (χ4n) is 4.61. The number of rotatable bonds is 8. The van der Waals surface area contributed by atoms with E-state index in [2.05, 4.69) is 47.1 Å². The van der Waals surface area contributed by atoms with E-state index in [0.717, 1.165) is 46.1 Å². The molecule has 1 aromatic heterocycles. The second-order valence-electron chi connectivity index (χ2n) is 8.93. The molecule has 1 N–H and O–H groups in total. The second kappa shape index (κ2) is 10.0. The summed E-state index contributed by atoms with van der Waals surface area (Å²) < 4.78 is 0. The number of aliphatic hydroxyl groups is 1. The fourth-order valence-corrected chi connectivity index (χ4v) is 4.89. The molecule has 3 nitrogen and oxygen atoms in total. The molecular weight excluding hydrogens is 428 g/mol. The van der Waals surface area contributed by atoms with Crippen LogP contribution in [0.3, 0.4) is 0 Å². The summed E-state index contributed by atoms with van der Waals surface area (Å²) in [4.78, 5) is 6.72. The predicted molar refractivity (Wildman–Crippen MR) is 138 cm³/mol. The molecule has 0 amide bonds. The minimum Gasteiger partial charge on any atom is -0.384 e. The number of hydrogen-bond donors (Lipinski definition) is 1. The maximum Gasteiger partial charge on any atom is 0.132 e. The lowest BCUT2D eigenvalue weighted by Crippen LogP contribution is -2.37. The van der Waals surface area contributed by atoms with Crippen LogP contribution in [0.2, 0.25) is 5.15 Å². The van der Waals surface area contributed by atoms with E-state index in [1.807, 2.05) is 68.7 Å². The molecule has 0 aliphatic rings. The summed E-state index contributed by atoms with van der Waals surface area (Å²) in [7, 11) is 4.08. The van der Waals surface area contributed by atoms with E-state index in [1.165, 1.54) is 0 Å². The Morgan fingerprint density at radius 3 is 2.21 bits per heavy atom. The number of pyridine rings is 1. The maximum absolute atomic E-state index is 12.5. The summed E-state index contributed by atoms with van der Waals surface area (Å²) in [6, 6.07) is 28.7. The molecule has 0 aliphatic heterocycles. The Labute approximate surface area is 201 Å². The van der Waals surface area contributed by atoms with Crippen LogP contribution in [0.1, 0.15) is 41.5 Å². The van der Waals surface area contributed by atoms with Gasteiger partial charge in [-0.05, 0) is 67.4 Å². The lowest BCUT2D eigenvalue weighted by Gasteiger charge is -2.38. The van der Waals surface area contributed by atoms with E-state index < -0.39 is 5.60 Å². The topological polar surface area (TPSA) is 36.4 Å². The van der Waals surface area contributed by atoms with E-state index in [4.69, 9.17) is 11.6 Å². The summed E-state index contributed by atoms with van der Waals surface area (Å²) in [6.45, 7) is 2.85. The number of aromatic nitrogens is 1. The average molecular weight is 459 g/mol. The van der Waals surface area contributed by atoms with Crippen molar-refractivity contribution in [2.24, 2.45) is 0 Å². The van der Waals surface area contributed by atoms with E-state index >= 15 is 0 Å². The third-order valence-electron chi connectivity index (χ3n) is 6.40. The minimum atomic E-state index is -1.09. The molecule has 170 valence electrons. The number of fused-ring (bicyclic) bond motifs is 1. The second-order valence-corrected chi connectivity index (χ2v) is 9.29. The highest BCUT2D eigenvalue weighted by Gasteiger charge is 2.40. The summed E-state index contributed by atoms with van der Waals surface area (Å²) in [5, 5.41) is 14.1. The Bertz CT molecular complexity index is 1210. The normalized spacial score (nSPS) is 14.4. The Balaban J connectivity index is 1.93. The summed E-state index contributed by atoms with van der Waals surface area (Å²) in [5.41, 5.74) is 3.87. The molecule has 4 heteroatoms. The summed E-state index contributed by atoms with van der Waals surface area (Å²) in [5.74, 6) is -0.244. The van der Waals surface area contributed by atoms with Gasteiger partial charge in [0, 0.05) is 17.8 Å². The molecule has 0 aliphatic carbocycles. The van der Waals surface area contributed by atoms with Crippen LogP contribution in [0, 0.1) is 0 Å². The molecule has 0 radical (unpaired) electrons. The highest BCUT2D eigenvalue weighted by Crippen LogP contribution is 2.45. The first-order valence-corrected chi connectivity index (χ1v) is 11.9. The van der Waals surface area contributed by atoms with Gasteiger partial charge in [0.1, 0.15) is 10.8 Å². The van der Waals surface area contributed by atoms with Crippen molar-refractivity contribution in [2.45, 2.75) is 31.3 Å². The first kappa shape index (κ1) is 23.4. The number of nitrogens with zero attached hydrogens (tertiary/aromatic N) is 2. The average Bonchev–Trinajstić information content (AvgIpc) is 2.84. The molecule has 2 atom stereocenters. The highest BCUT2D eigenvalue weighted by atomic mass is 35.5. The predicted octanol–water partition coefficient (Wildman–Crippen LogP) is 6.42. The van der Waals surface area contributed by atoms with Crippen molar-refractivity contribution >= 4 is 22.5 Å². The molecule has 33 heavy (non-hydrogen) atoms. The van der Waals surface area contributed by atoms with Gasteiger partial charge in [-0.15, -0.1) is 0 Å². The quantitative estimate of drug-likeness (QED) is 0.309. The van der Waals surface area contributed by atoms with Crippen molar-refractivity contribution in [3.63, 3.8) is 0 Å². The molecule has 3 aromatic carbocycles. The summed E-state index contributed by atoms with van der Waals surface area (Å²) in [6.07, 6.45) is 1.42. The molecule has 4 aromatic rings. The molecule has 0 unspecified atom stereocenters. The van der Waals surface area contributed by atoms with Gasteiger partial charge in [0.25, 0.3) is 0 Å². The third kappa shape index (κ3) is 4.96. The maximum atomic E-state index is 12.5. The number of benzene rings is 3. The Morgan fingerprint density at radius 1 is 0.909 bits per heavy atom.